The maximum atomic E-state index is 5.13. The standard InChI is InChI=1S/C29H33N3/c1-18(2)25-16-22(7)17-26(19(3)4)27(25)32-29(23-11-9-8-10-12-23)30-28(31-32)24-14-20(5)13-21(6)15-24/h8-19H,1-7H3. The summed E-state index contributed by atoms with van der Waals surface area (Å²) in [5.74, 6) is 2.40. The molecule has 0 aliphatic rings. The second-order valence-corrected chi connectivity index (χ2v) is 9.51. The summed E-state index contributed by atoms with van der Waals surface area (Å²) in [5, 5.41) is 5.13. The summed E-state index contributed by atoms with van der Waals surface area (Å²) in [6, 6.07) is 21.5. The van der Waals surface area contributed by atoms with Crippen LogP contribution in [0.15, 0.2) is 60.7 Å². The molecule has 0 unspecified atom stereocenters. The van der Waals surface area contributed by atoms with E-state index in [0.717, 1.165) is 22.8 Å². The molecule has 32 heavy (non-hydrogen) atoms. The Kier molecular flexibility index (Phi) is 6.01. The molecule has 0 fully saturated rings. The third kappa shape index (κ3) is 4.25. The van der Waals surface area contributed by atoms with Crippen molar-refractivity contribution in [3.8, 4) is 28.5 Å². The molecule has 164 valence electrons. The summed E-state index contributed by atoms with van der Waals surface area (Å²) in [5.41, 5.74) is 9.64. The molecule has 3 heteroatoms. The van der Waals surface area contributed by atoms with Gasteiger partial charge in [0.1, 0.15) is 0 Å². The van der Waals surface area contributed by atoms with Crippen molar-refractivity contribution in [2.75, 3.05) is 0 Å². The van der Waals surface area contributed by atoms with Gasteiger partial charge in [-0.3, -0.25) is 0 Å². The molecular formula is C29H33N3. The van der Waals surface area contributed by atoms with Gasteiger partial charge in [0.05, 0.1) is 5.69 Å². The summed E-state index contributed by atoms with van der Waals surface area (Å²) in [6.45, 7) is 15.5. The molecule has 1 aromatic heterocycles. The van der Waals surface area contributed by atoms with E-state index in [1.807, 2.05) is 6.07 Å². The largest absolute Gasteiger partial charge is 0.212 e. The summed E-state index contributed by atoms with van der Waals surface area (Å²) in [7, 11) is 0. The number of benzene rings is 3. The zero-order valence-electron chi connectivity index (χ0n) is 20.3. The van der Waals surface area contributed by atoms with Crippen molar-refractivity contribution < 1.29 is 0 Å². The van der Waals surface area contributed by atoms with E-state index >= 15 is 0 Å². The van der Waals surface area contributed by atoms with Crippen LogP contribution in [-0.4, -0.2) is 14.8 Å². The van der Waals surface area contributed by atoms with Crippen molar-refractivity contribution in [1.29, 1.82) is 0 Å². The van der Waals surface area contributed by atoms with Gasteiger partial charge in [0.2, 0.25) is 0 Å². The molecule has 0 aliphatic carbocycles. The number of aromatic nitrogens is 3. The van der Waals surface area contributed by atoms with Gasteiger partial charge in [-0.2, -0.15) is 0 Å². The maximum Gasteiger partial charge on any atom is 0.182 e. The van der Waals surface area contributed by atoms with E-state index in [1.54, 1.807) is 0 Å². The minimum Gasteiger partial charge on any atom is -0.212 e. The second-order valence-electron chi connectivity index (χ2n) is 9.51. The van der Waals surface area contributed by atoms with Crippen LogP contribution >= 0.6 is 0 Å². The van der Waals surface area contributed by atoms with Crippen molar-refractivity contribution in [2.24, 2.45) is 0 Å². The predicted molar refractivity (Wildman–Crippen MR) is 135 cm³/mol. The van der Waals surface area contributed by atoms with Crippen molar-refractivity contribution in [2.45, 2.75) is 60.3 Å². The first kappa shape index (κ1) is 22.0. The number of nitrogens with zero attached hydrogens (tertiary/aromatic N) is 3. The molecule has 3 aromatic carbocycles. The van der Waals surface area contributed by atoms with E-state index in [9.17, 15) is 0 Å². The average molecular weight is 424 g/mol. The quantitative estimate of drug-likeness (QED) is 0.328. The maximum absolute atomic E-state index is 5.13. The smallest absolute Gasteiger partial charge is 0.182 e. The fourth-order valence-electron chi connectivity index (χ4n) is 4.43. The van der Waals surface area contributed by atoms with Crippen LogP contribution in [0, 0.1) is 20.8 Å². The Balaban J connectivity index is 2.06. The minimum atomic E-state index is 0.375. The third-order valence-corrected chi connectivity index (χ3v) is 5.89. The molecule has 0 saturated carbocycles. The van der Waals surface area contributed by atoms with Gasteiger partial charge in [-0.15, -0.1) is 5.10 Å². The number of rotatable bonds is 5. The first-order valence-electron chi connectivity index (χ1n) is 11.5. The summed E-state index contributed by atoms with van der Waals surface area (Å²) < 4.78 is 2.09. The van der Waals surface area contributed by atoms with Crippen molar-refractivity contribution in [3.63, 3.8) is 0 Å². The van der Waals surface area contributed by atoms with E-state index in [2.05, 4.69) is 108 Å². The Morgan fingerprint density at radius 3 is 1.72 bits per heavy atom. The monoisotopic (exact) mass is 423 g/mol. The lowest BCUT2D eigenvalue weighted by Crippen LogP contribution is -2.10. The number of hydrogen-bond acceptors (Lipinski definition) is 2. The van der Waals surface area contributed by atoms with Crippen LogP contribution in [0.4, 0.5) is 0 Å². The minimum absolute atomic E-state index is 0.375. The molecule has 0 aliphatic heterocycles. The topological polar surface area (TPSA) is 30.7 Å². The van der Waals surface area contributed by atoms with Crippen LogP contribution in [-0.2, 0) is 0 Å². The molecule has 4 aromatic rings. The van der Waals surface area contributed by atoms with Crippen LogP contribution in [0.3, 0.4) is 0 Å². The molecule has 0 bridgehead atoms. The van der Waals surface area contributed by atoms with Crippen LogP contribution in [0.2, 0.25) is 0 Å². The highest BCUT2D eigenvalue weighted by Gasteiger charge is 2.23. The van der Waals surface area contributed by atoms with Crippen LogP contribution in [0.1, 0.15) is 67.3 Å². The Bertz CT molecular complexity index is 1200. The second kappa shape index (κ2) is 8.74. The highest BCUT2D eigenvalue weighted by molar-refractivity contribution is 5.67. The zero-order chi connectivity index (χ0) is 23.0. The Morgan fingerprint density at radius 1 is 0.656 bits per heavy atom. The van der Waals surface area contributed by atoms with Crippen molar-refractivity contribution >= 4 is 0 Å². The predicted octanol–water partition coefficient (Wildman–Crippen LogP) is 7.77. The van der Waals surface area contributed by atoms with E-state index in [-0.39, 0.29) is 0 Å². The molecule has 0 amide bonds. The number of hydrogen-bond donors (Lipinski definition) is 0. The molecule has 0 radical (unpaired) electrons. The normalized spacial score (nSPS) is 11.5. The van der Waals surface area contributed by atoms with Gasteiger partial charge < -0.3 is 0 Å². The van der Waals surface area contributed by atoms with Crippen LogP contribution in [0.25, 0.3) is 28.5 Å². The highest BCUT2D eigenvalue weighted by Crippen LogP contribution is 2.35. The van der Waals surface area contributed by atoms with E-state index in [1.165, 1.54) is 33.5 Å². The lowest BCUT2D eigenvalue weighted by atomic mass is 9.90. The van der Waals surface area contributed by atoms with Gasteiger partial charge in [-0.05, 0) is 55.9 Å². The Hall–Kier alpha value is -3.20. The average Bonchev–Trinajstić information content (AvgIpc) is 3.18. The van der Waals surface area contributed by atoms with E-state index in [4.69, 9.17) is 10.1 Å². The summed E-state index contributed by atoms with van der Waals surface area (Å²) in [4.78, 5) is 5.08. The van der Waals surface area contributed by atoms with Gasteiger partial charge >= 0.3 is 0 Å². The molecule has 1 heterocycles. The third-order valence-electron chi connectivity index (χ3n) is 5.89. The molecule has 3 nitrogen and oxygen atoms in total. The first-order chi connectivity index (χ1) is 15.2. The molecule has 0 atom stereocenters. The van der Waals surface area contributed by atoms with Gasteiger partial charge in [0.25, 0.3) is 0 Å². The molecule has 4 rings (SSSR count). The first-order valence-corrected chi connectivity index (χ1v) is 11.5. The molecule has 0 N–H and O–H groups in total. The fraction of sp³-hybridized carbons (Fsp3) is 0.310. The molecule has 0 saturated heterocycles. The highest BCUT2D eigenvalue weighted by atomic mass is 15.4. The Morgan fingerprint density at radius 2 is 1.19 bits per heavy atom. The van der Waals surface area contributed by atoms with Gasteiger partial charge in [-0.25, -0.2) is 9.67 Å². The SMILES string of the molecule is Cc1cc(C)cc(-c2nc(-c3ccccc3)n(-c3c(C(C)C)cc(C)cc3C(C)C)n2)c1. The number of aryl methyl sites for hydroxylation is 3. The van der Waals surface area contributed by atoms with Gasteiger partial charge in [0.15, 0.2) is 11.6 Å². The van der Waals surface area contributed by atoms with E-state index < -0.39 is 0 Å². The Labute approximate surface area is 192 Å². The zero-order valence-corrected chi connectivity index (χ0v) is 20.3. The lowest BCUT2D eigenvalue weighted by Gasteiger charge is -2.21. The van der Waals surface area contributed by atoms with Crippen LogP contribution in [0.5, 0.6) is 0 Å². The molecular weight excluding hydrogens is 390 g/mol. The lowest BCUT2D eigenvalue weighted by molar-refractivity contribution is 0.772. The van der Waals surface area contributed by atoms with E-state index in [0.29, 0.717) is 11.8 Å². The molecule has 0 spiro atoms. The van der Waals surface area contributed by atoms with Crippen molar-refractivity contribution in [3.05, 3.63) is 88.5 Å². The van der Waals surface area contributed by atoms with Crippen molar-refractivity contribution in [1.82, 2.24) is 14.8 Å². The fourth-order valence-corrected chi connectivity index (χ4v) is 4.43. The summed E-state index contributed by atoms with van der Waals surface area (Å²) >= 11 is 0. The van der Waals surface area contributed by atoms with Crippen LogP contribution < -0.4 is 0 Å². The summed E-state index contributed by atoms with van der Waals surface area (Å²) in [6.07, 6.45) is 0. The van der Waals surface area contributed by atoms with Gasteiger partial charge in [-0.1, -0.05) is 92.9 Å². The van der Waals surface area contributed by atoms with Gasteiger partial charge in [0, 0.05) is 11.1 Å².